The van der Waals surface area contributed by atoms with Gasteiger partial charge in [-0.3, -0.25) is 4.18 Å². The lowest BCUT2D eigenvalue weighted by molar-refractivity contribution is -0.143. The molecule has 0 fully saturated rings. The molecule has 8 heteroatoms. The SMILES string of the molecule is CS(=O)(=O)O[C@H](COCc1ccccc1)[C@H](OCc1ccccc1)[C@@H](CCO)OCc1ccccc1. The zero-order chi connectivity index (χ0) is 25.6. The average Bonchev–Trinajstić information content (AvgIpc) is 2.88. The van der Waals surface area contributed by atoms with E-state index in [0.29, 0.717) is 0 Å². The van der Waals surface area contributed by atoms with Crippen LogP contribution in [0.1, 0.15) is 23.1 Å². The standard InChI is InChI=1S/C28H34O7S/c1-36(30,31)35-27(22-32-19-23-11-5-2-6-12-23)28(34-21-25-15-9-4-10-16-25)26(17-18-29)33-20-24-13-7-3-8-14-24/h2-16,26-29H,17-22H2,1H3/t26-,27-,28-/m1/s1. The molecule has 0 heterocycles. The van der Waals surface area contributed by atoms with Crippen molar-refractivity contribution in [1.82, 2.24) is 0 Å². The van der Waals surface area contributed by atoms with Crippen molar-refractivity contribution >= 4 is 10.1 Å². The first kappa shape index (κ1) is 28.0. The molecule has 0 saturated carbocycles. The van der Waals surface area contributed by atoms with Crippen LogP contribution in [-0.2, 0) is 48.3 Å². The molecule has 0 spiro atoms. The minimum Gasteiger partial charge on any atom is -0.396 e. The first-order valence-corrected chi connectivity index (χ1v) is 13.7. The fourth-order valence-electron chi connectivity index (χ4n) is 3.74. The number of rotatable bonds is 16. The second-order valence-corrected chi connectivity index (χ2v) is 10.0. The third kappa shape index (κ3) is 10.2. The number of hydrogen-bond donors (Lipinski definition) is 1. The summed E-state index contributed by atoms with van der Waals surface area (Å²) in [7, 11) is -3.84. The molecular weight excluding hydrogens is 480 g/mol. The van der Waals surface area contributed by atoms with Gasteiger partial charge in [0.1, 0.15) is 12.2 Å². The van der Waals surface area contributed by atoms with Gasteiger partial charge in [-0.1, -0.05) is 91.0 Å². The van der Waals surface area contributed by atoms with Gasteiger partial charge in [-0.15, -0.1) is 0 Å². The van der Waals surface area contributed by atoms with Crippen molar-refractivity contribution in [3.8, 4) is 0 Å². The zero-order valence-electron chi connectivity index (χ0n) is 20.4. The van der Waals surface area contributed by atoms with Crippen molar-refractivity contribution in [2.75, 3.05) is 19.5 Å². The Hall–Kier alpha value is -2.59. The summed E-state index contributed by atoms with van der Waals surface area (Å²) in [6.45, 7) is 0.558. The lowest BCUT2D eigenvalue weighted by Gasteiger charge is -2.33. The van der Waals surface area contributed by atoms with Crippen LogP contribution in [0.3, 0.4) is 0 Å². The predicted octanol–water partition coefficient (Wildman–Crippen LogP) is 4.10. The average molecular weight is 515 g/mol. The maximum absolute atomic E-state index is 12.2. The number of aliphatic hydroxyl groups is 1. The van der Waals surface area contributed by atoms with Gasteiger partial charge in [0.15, 0.2) is 0 Å². The maximum atomic E-state index is 12.2. The lowest BCUT2D eigenvalue weighted by Crippen LogP contribution is -2.46. The molecular formula is C28H34O7S. The molecule has 0 aromatic heterocycles. The van der Waals surface area contributed by atoms with Gasteiger partial charge in [0.2, 0.25) is 0 Å². The van der Waals surface area contributed by atoms with E-state index < -0.39 is 28.4 Å². The van der Waals surface area contributed by atoms with E-state index in [2.05, 4.69) is 0 Å². The second kappa shape index (κ2) is 14.8. The van der Waals surface area contributed by atoms with Gasteiger partial charge in [-0.2, -0.15) is 8.42 Å². The molecule has 3 rings (SSSR count). The number of hydrogen-bond acceptors (Lipinski definition) is 7. The summed E-state index contributed by atoms with van der Waals surface area (Å²) in [4.78, 5) is 0. The highest BCUT2D eigenvalue weighted by atomic mass is 32.2. The Balaban J connectivity index is 1.81. The normalized spacial score (nSPS) is 14.3. The molecule has 0 amide bonds. The highest BCUT2D eigenvalue weighted by Crippen LogP contribution is 2.21. The van der Waals surface area contributed by atoms with Gasteiger partial charge >= 0.3 is 0 Å². The summed E-state index contributed by atoms with van der Waals surface area (Å²) in [5, 5.41) is 9.78. The molecule has 0 saturated heterocycles. The van der Waals surface area contributed by atoms with E-state index in [1.807, 2.05) is 91.0 Å². The molecule has 0 aliphatic carbocycles. The van der Waals surface area contributed by atoms with Crippen LogP contribution < -0.4 is 0 Å². The molecule has 194 valence electrons. The van der Waals surface area contributed by atoms with Crippen LogP contribution in [0, 0.1) is 0 Å². The topological polar surface area (TPSA) is 91.3 Å². The first-order chi connectivity index (χ1) is 17.4. The lowest BCUT2D eigenvalue weighted by atomic mass is 10.0. The molecule has 1 N–H and O–H groups in total. The summed E-state index contributed by atoms with van der Waals surface area (Å²) >= 11 is 0. The van der Waals surface area contributed by atoms with E-state index in [-0.39, 0.29) is 39.5 Å². The summed E-state index contributed by atoms with van der Waals surface area (Å²) < 4.78 is 48.1. The number of ether oxygens (including phenoxy) is 3. The van der Waals surface area contributed by atoms with Crippen LogP contribution in [0.5, 0.6) is 0 Å². The molecule has 0 aliphatic rings. The predicted molar refractivity (Wildman–Crippen MR) is 138 cm³/mol. The number of aliphatic hydroxyl groups excluding tert-OH is 1. The van der Waals surface area contributed by atoms with Crippen molar-refractivity contribution in [3.63, 3.8) is 0 Å². The Labute approximate surface area is 213 Å². The van der Waals surface area contributed by atoms with E-state index in [9.17, 15) is 13.5 Å². The minimum atomic E-state index is -3.84. The summed E-state index contributed by atoms with van der Waals surface area (Å²) in [6.07, 6.45) is -1.23. The second-order valence-electron chi connectivity index (χ2n) is 8.45. The zero-order valence-corrected chi connectivity index (χ0v) is 21.3. The summed E-state index contributed by atoms with van der Waals surface area (Å²) in [6, 6.07) is 28.7. The van der Waals surface area contributed by atoms with Crippen molar-refractivity contribution in [3.05, 3.63) is 108 Å². The fourth-order valence-corrected chi connectivity index (χ4v) is 4.35. The van der Waals surface area contributed by atoms with Crippen molar-refractivity contribution in [2.24, 2.45) is 0 Å². The third-order valence-corrected chi connectivity index (χ3v) is 6.03. The molecule has 0 radical (unpaired) electrons. The number of benzene rings is 3. The van der Waals surface area contributed by atoms with Crippen molar-refractivity contribution in [1.29, 1.82) is 0 Å². The van der Waals surface area contributed by atoms with E-state index >= 15 is 0 Å². The van der Waals surface area contributed by atoms with Gasteiger partial charge in [0, 0.05) is 6.61 Å². The fraction of sp³-hybridized carbons (Fsp3) is 0.357. The Morgan fingerprint density at radius 3 is 1.64 bits per heavy atom. The molecule has 0 unspecified atom stereocenters. The highest BCUT2D eigenvalue weighted by Gasteiger charge is 2.35. The van der Waals surface area contributed by atoms with Crippen LogP contribution >= 0.6 is 0 Å². The largest absolute Gasteiger partial charge is 0.396 e. The van der Waals surface area contributed by atoms with Gasteiger partial charge in [-0.05, 0) is 23.1 Å². The third-order valence-electron chi connectivity index (χ3n) is 5.43. The van der Waals surface area contributed by atoms with E-state index in [4.69, 9.17) is 18.4 Å². The van der Waals surface area contributed by atoms with Gasteiger partial charge in [0.05, 0.1) is 38.8 Å². The van der Waals surface area contributed by atoms with Crippen LogP contribution in [0.25, 0.3) is 0 Å². The Morgan fingerprint density at radius 1 is 0.694 bits per heavy atom. The first-order valence-electron chi connectivity index (χ1n) is 11.9. The quantitative estimate of drug-likeness (QED) is 0.288. The molecule has 0 bridgehead atoms. The van der Waals surface area contributed by atoms with E-state index in [1.54, 1.807) is 0 Å². The van der Waals surface area contributed by atoms with Gasteiger partial charge < -0.3 is 19.3 Å². The minimum absolute atomic E-state index is 0.0436. The van der Waals surface area contributed by atoms with Crippen LogP contribution in [0.15, 0.2) is 91.0 Å². The smallest absolute Gasteiger partial charge is 0.264 e. The van der Waals surface area contributed by atoms with Gasteiger partial charge in [0.25, 0.3) is 10.1 Å². The van der Waals surface area contributed by atoms with E-state index in [1.165, 1.54) is 0 Å². The maximum Gasteiger partial charge on any atom is 0.264 e. The molecule has 7 nitrogen and oxygen atoms in total. The summed E-state index contributed by atoms with van der Waals surface area (Å²) in [5.74, 6) is 0. The summed E-state index contributed by atoms with van der Waals surface area (Å²) in [5.41, 5.74) is 2.81. The monoisotopic (exact) mass is 514 g/mol. The van der Waals surface area contributed by atoms with Crippen LogP contribution in [-0.4, -0.2) is 51.3 Å². The van der Waals surface area contributed by atoms with E-state index in [0.717, 1.165) is 22.9 Å². The molecule has 3 atom stereocenters. The van der Waals surface area contributed by atoms with Crippen LogP contribution in [0.4, 0.5) is 0 Å². The highest BCUT2D eigenvalue weighted by molar-refractivity contribution is 7.86. The van der Waals surface area contributed by atoms with Crippen molar-refractivity contribution < 1.29 is 31.9 Å². The molecule has 3 aromatic rings. The van der Waals surface area contributed by atoms with Crippen LogP contribution in [0.2, 0.25) is 0 Å². The molecule has 3 aromatic carbocycles. The Kier molecular flexibility index (Phi) is 11.5. The Bertz CT molecular complexity index is 1090. The molecule has 36 heavy (non-hydrogen) atoms. The van der Waals surface area contributed by atoms with Crippen molar-refractivity contribution in [2.45, 2.75) is 44.6 Å². The van der Waals surface area contributed by atoms with Gasteiger partial charge in [-0.25, -0.2) is 0 Å². The Morgan fingerprint density at radius 2 is 1.17 bits per heavy atom. The molecule has 0 aliphatic heterocycles.